The lowest BCUT2D eigenvalue weighted by Gasteiger charge is -2.18. The van der Waals surface area contributed by atoms with E-state index in [1.165, 1.54) is 0 Å². The Morgan fingerprint density at radius 1 is 1.28 bits per heavy atom. The second-order valence-electron chi connectivity index (χ2n) is 6.63. The van der Waals surface area contributed by atoms with Crippen LogP contribution < -0.4 is 5.56 Å². The number of aromatic nitrogens is 2. The average Bonchev–Trinajstić information content (AvgIpc) is 2.52. The number of rotatable bonds is 5. The van der Waals surface area contributed by atoms with Crippen molar-refractivity contribution in [1.29, 1.82) is 0 Å². The molecule has 0 unspecified atom stereocenters. The Labute approximate surface area is 111 Å². The van der Waals surface area contributed by atoms with E-state index in [1.807, 2.05) is 0 Å². The molecule has 0 aliphatic carbocycles. The first-order valence-corrected chi connectivity index (χ1v) is 7.09. The highest BCUT2D eigenvalue weighted by molar-refractivity contribution is 5.24. The van der Waals surface area contributed by atoms with Crippen LogP contribution in [-0.4, -0.2) is 9.78 Å². The van der Waals surface area contributed by atoms with Gasteiger partial charge < -0.3 is 0 Å². The first-order valence-electron chi connectivity index (χ1n) is 7.09. The third kappa shape index (κ3) is 3.50. The van der Waals surface area contributed by atoms with E-state index in [4.69, 9.17) is 0 Å². The van der Waals surface area contributed by atoms with Crippen LogP contribution in [0.25, 0.3) is 0 Å². The molecule has 104 valence electrons. The van der Waals surface area contributed by atoms with E-state index in [1.54, 1.807) is 4.68 Å². The van der Waals surface area contributed by atoms with E-state index in [-0.39, 0.29) is 11.0 Å². The number of nitrogens with one attached hydrogen (secondary N) is 1. The molecule has 3 heteroatoms. The number of H-pyrrole nitrogens is 1. The molecule has 18 heavy (non-hydrogen) atoms. The van der Waals surface area contributed by atoms with Crippen molar-refractivity contribution in [2.45, 2.75) is 72.8 Å². The van der Waals surface area contributed by atoms with Crippen molar-refractivity contribution in [3.63, 3.8) is 0 Å². The molecule has 0 spiro atoms. The summed E-state index contributed by atoms with van der Waals surface area (Å²) in [5.41, 5.74) is 2.29. The molecule has 3 nitrogen and oxygen atoms in total. The Morgan fingerprint density at radius 3 is 2.33 bits per heavy atom. The minimum absolute atomic E-state index is 0.00443. The molecule has 0 aliphatic rings. The molecule has 1 aromatic heterocycles. The van der Waals surface area contributed by atoms with E-state index in [0.717, 1.165) is 37.1 Å². The monoisotopic (exact) mass is 252 g/mol. The number of hydrogen-bond donors (Lipinski definition) is 1. The Bertz CT molecular complexity index is 432. The first-order chi connectivity index (χ1) is 8.27. The number of aromatic amines is 1. The van der Waals surface area contributed by atoms with Crippen LogP contribution in [0.15, 0.2) is 4.79 Å². The minimum Gasteiger partial charge on any atom is -0.299 e. The molecular weight excluding hydrogens is 224 g/mol. The normalized spacial score (nSPS) is 12.4. The van der Waals surface area contributed by atoms with E-state index in [9.17, 15) is 4.79 Å². The summed E-state index contributed by atoms with van der Waals surface area (Å²) >= 11 is 0. The van der Waals surface area contributed by atoms with E-state index in [0.29, 0.717) is 5.92 Å². The van der Waals surface area contributed by atoms with Gasteiger partial charge in [0.05, 0.1) is 0 Å². The highest BCUT2D eigenvalue weighted by Gasteiger charge is 2.24. The van der Waals surface area contributed by atoms with Crippen LogP contribution in [0.2, 0.25) is 0 Å². The van der Waals surface area contributed by atoms with Gasteiger partial charge in [0.25, 0.3) is 5.56 Å². The molecule has 0 aromatic carbocycles. The lowest BCUT2D eigenvalue weighted by atomic mass is 9.88. The number of unbranched alkanes of at least 4 members (excludes halogenated alkanes) is 1. The fraction of sp³-hybridized carbons (Fsp3) is 0.800. The fourth-order valence-electron chi connectivity index (χ4n) is 2.22. The summed E-state index contributed by atoms with van der Waals surface area (Å²) in [6, 6.07) is 0. The predicted octanol–water partition coefficient (Wildman–Crippen LogP) is 3.47. The maximum Gasteiger partial charge on any atom is 0.269 e. The summed E-state index contributed by atoms with van der Waals surface area (Å²) in [5.74, 6) is 0.480. The van der Waals surface area contributed by atoms with E-state index in [2.05, 4.69) is 46.6 Å². The van der Waals surface area contributed by atoms with Gasteiger partial charge in [-0.15, -0.1) is 0 Å². The van der Waals surface area contributed by atoms with Crippen LogP contribution in [0.3, 0.4) is 0 Å². The highest BCUT2D eigenvalue weighted by Crippen LogP contribution is 2.23. The SMILES string of the molecule is CCCCc1c(C(C)(C)C)[nH]n(CC(C)C)c1=O. The van der Waals surface area contributed by atoms with Gasteiger partial charge >= 0.3 is 0 Å². The highest BCUT2D eigenvalue weighted by atomic mass is 16.1. The van der Waals surface area contributed by atoms with Crippen LogP contribution in [-0.2, 0) is 18.4 Å². The average molecular weight is 252 g/mol. The Morgan fingerprint density at radius 2 is 1.89 bits per heavy atom. The van der Waals surface area contributed by atoms with Crippen LogP contribution in [0.1, 0.15) is 65.6 Å². The van der Waals surface area contributed by atoms with Gasteiger partial charge in [-0.2, -0.15) is 0 Å². The van der Waals surface area contributed by atoms with Crippen molar-refractivity contribution in [3.8, 4) is 0 Å². The quantitative estimate of drug-likeness (QED) is 0.856. The molecule has 0 aliphatic heterocycles. The second kappa shape index (κ2) is 5.77. The van der Waals surface area contributed by atoms with Crippen LogP contribution in [0, 0.1) is 5.92 Å². The second-order valence-corrected chi connectivity index (χ2v) is 6.63. The molecule has 1 N–H and O–H groups in total. The fourth-order valence-corrected chi connectivity index (χ4v) is 2.22. The largest absolute Gasteiger partial charge is 0.299 e. The van der Waals surface area contributed by atoms with Crippen LogP contribution >= 0.6 is 0 Å². The maximum absolute atomic E-state index is 12.4. The van der Waals surface area contributed by atoms with Gasteiger partial charge in [-0.05, 0) is 18.8 Å². The van der Waals surface area contributed by atoms with Crippen LogP contribution in [0.4, 0.5) is 0 Å². The summed E-state index contributed by atoms with van der Waals surface area (Å²) in [6.07, 6.45) is 3.10. The zero-order valence-electron chi connectivity index (χ0n) is 12.8. The summed E-state index contributed by atoms with van der Waals surface area (Å²) in [4.78, 5) is 12.4. The molecule has 0 amide bonds. The zero-order valence-corrected chi connectivity index (χ0v) is 12.8. The number of nitrogens with zero attached hydrogens (tertiary/aromatic N) is 1. The number of hydrogen-bond acceptors (Lipinski definition) is 1. The first kappa shape index (κ1) is 15.1. The van der Waals surface area contributed by atoms with Crippen molar-refractivity contribution in [3.05, 3.63) is 21.6 Å². The van der Waals surface area contributed by atoms with Gasteiger partial charge in [0.1, 0.15) is 0 Å². The molecule has 0 bridgehead atoms. The van der Waals surface area contributed by atoms with Gasteiger partial charge in [0.2, 0.25) is 0 Å². The van der Waals surface area contributed by atoms with E-state index < -0.39 is 0 Å². The Kier molecular flexibility index (Phi) is 4.83. The Balaban J connectivity index is 3.19. The van der Waals surface area contributed by atoms with Crippen molar-refractivity contribution in [1.82, 2.24) is 9.78 Å². The molecule has 0 radical (unpaired) electrons. The molecule has 1 heterocycles. The molecule has 0 saturated heterocycles. The molecule has 1 aromatic rings. The smallest absolute Gasteiger partial charge is 0.269 e. The summed E-state index contributed by atoms with van der Waals surface area (Å²) < 4.78 is 1.79. The molecule has 0 saturated carbocycles. The van der Waals surface area contributed by atoms with Crippen LogP contribution in [0.5, 0.6) is 0 Å². The van der Waals surface area contributed by atoms with Gasteiger partial charge in [0, 0.05) is 23.2 Å². The third-order valence-corrected chi connectivity index (χ3v) is 3.13. The molecular formula is C15H28N2O. The lowest BCUT2D eigenvalue weighted by molar-refractivity contribution is 0.457. The molecule has 0 atom stereocenters. The summed E-state index contributed by atoms with van der Waals surface area (Å²) in [7, 11) is 0. The standard InChI is InChI=1S/C15H28N2O/c1-7-8-9-12-13(15(4,5)6)16-17(14(12)18)10-11(2)3/h11,16H,7-10H2,1-6H3. The Hall–Kier alpha value is -0.990. The molecule has 1 rings (SSSR count). The van der Waals surface area contributed by atoms with Gasteiger partial charge in [-0.1, -0.05) is 48.0 Å². The van der Waals surface area contributed by atoms with Gasteiger partial charge in [0.15, 0.2) is 0 Å². The van der Waals surface area contributed by atoms with Crippen molar-refractivity contribution in [2.24, 2.45) is 5.92 Å². The van der Waals surface area contributed by atoms with Crippen molar-refractivity contribution >= 4 is 0 Å². The maximum atomic E-state index is 12.4. The van der Waals surface area contributed by atoms with Gasteiger partial charge in [-0.3, -0.25) is 14.6 Å². The minimum atomic E-state index is 0.00443. The summed E-state index contributed by atoms with van der Waals surface area (Å²) in [6.45, 7) is 13.7. The van der Waals surface area contributed by atoms with Crippen molar-refractivity contribution in [2.75, 3.05) is 0 Å². The third-order valence-electron chi connectivity index (χ3n) is 3.13. The topological polar surface area (TPSA) is 37.8 Å². The van der Waals surface area contributed by atoms with E-state index >= 15 is 0 Å². The van der Waals surface area contributed by atoms with Gasteiger partial charge in [-0.25, -0.2) is 0 Å². The zero-order chi connectivity index (χ0) is 13.9. The predicted molar refractivity (Wildman–Crippen MR) is 77.2 cm³/mol. The van der Waals surface area contributed by atoms with Crippen molar-refractivity contribution < 1.29 is 0 Å². The summed E-state index contributed by atoms with van der Waals surface area (Å²) in [5, 5.41) is 3.33. The lowest BCUT2D eigenvalue weighted by Crippen LogP contribution is -2.21. The molecule has 0 fully saturated rings.